The highest BCUT2D eigenvalue weighted by atomic mass is 79.9. The predicted molar refractivity (Wildman–Crippen MR) is 71.4 cm³/mol. The van der Waals surface area contributed by atoms with E-state index in [2.05, 4.69) is 20.9 Å². The lowest BCUT2D eigenvalue weighted by Crippen LogP contribution is -2.07. The van der Waals surface area contributed by atoms with E-state index in [0.29, 0.717) is 11.0 Å². The van der Waals surface area contributed by atoms with Crippen molar-refractivity contribution in [2.24, 2.45) is 7.05 Å². The second-order valence-corrected chi connectivity index (χ2v) is 5.20. The average Bonchev–Trinajstić information content (AvgIpc) is 2.57. The monoisotopic (exact) mass is 334 g/mol. The van der Waals surface area contributed by atoms with E-state index in [1.54, 1.807) is 11.6 Å². The van der Waals surface area contributed by atoms with Crippen LogP contribution in [0.15, 0.2) is 28.7 Å². The van der Waals surface area contributed by atoms with Crippen molar-refractivity contribution in [3.8, 4) is 0 Å². The van der Waals surface area contributed by atoms with Crippen LogP contribution in [0.2, 0.25) is 10.3 Å². The van der Waals surface area contributed by atoms with Crippen molar-refractivity contribution < 1.29 is 5.11 Å². The minimum Gasteiger partial charge on any atom is -0.380 e. The number of nitrogens with zero attached hydrogens (tertiary/aromatic N) is 2. The smallest absolute Gasteiger partial charge is 0.166 e. The van der Waals surface area contributed by atoms with Gasteiger partial charge in [0.25, 0.3) is 0 Å². The molecule has 1 aromatic carbocycles. The first-order valence-corrected chi connectivity index (χ1v) is 6.36. The molecule has 1 N–H and O–H groups in total. The molecule has 1 heterocycles. The number of aliphatic hydroxyl groups is 1. The fourth-order valence-electron chi connectivity index (χ4n) is 1.50. The van der Waals surface area contributed by atoms with E-state index in [1.807, 2.05) is 24.3 Å². The van der Waals surface area contributed by atoms with Crippen LogP contribution in [-0.4, -0.2) is 14.7 Å². The summed E-state index contributed by atoms with van der Waals surface area (Å²) >= 11 is 15.1. The van der Waals surface area contributed by atoms with Crippen LogP contribution >= 0.6 is 39.1 Å². The summed E-state index contributed by atoms with van der Waals surface area (Å²) in [5.74, 6) is 0.419. The molecule has 3 nitrogen and oxygen atoms in total. The first-order valence-electron chi connectivity index (χ1n) is 4.82. The van der Waals surface area contributed by atoms with Crippen LogP contribution in [0, 0.1) is 0 Å². The normalized spacial score (nSPS) is 12.8. The van der Waals surface area contributed by atoms with Crippen LogP contribution in [-0.2, 0) is 7.05 Å². The van der Waals surface area contributed by atoms with Crippen molar-refractivity contribution >= 4 is 39.1 Å². The lowest BCUT2D eigenvalue weighted by molar-refractivity contribution is 0.206. The highest BCUT2D eigenvalue weighted by molar-refractivity contribution is 9.10. The Morgan fingerprint density at radius 3 is 2.35 bits per heavy atom. The molecule has 0 aliphatic carbocycles. The van der Waals surface area contributed by atoms with Gasteiger partial charge in [0.2, 0.25) is 0 Å². The largest absolute Gasteiger partial charge is 0.380 e. The lowest BCUT2D eigenvalue weighted by atomic mass is 10.1. The molecule has 0 saturated carbocycles. The van der Waals surface area contributed by atoms with E-state index in [0.717, 1.165) is 10.0 Å². The van der Waals surface area contributed by atoms with Gasteiger partial charge >= 0.3 is 0 Å². The molecule has 17 heavy (non-hydrogen) atoms. The first-order chi connectivity index (χ1) is 8.00. The minimum absolute atomic E-state index is 0.195. The third kappa shape index (κ3) is 2.50. The third-order valence-corrected chi connectivity index (χ3v) is 3.77. The Morgan fingerprint density at radius 2 is 1.88 bits per heavy atom. The van der Waals surface area contributed by atoms with Gasteiger partial charge in [-0.2, -0.15) is 0 Å². The number of imidazole rings is 1. The maximum Gasteiger partial charge on any atom is 0.166 e. The third-order valence-electron chi connectivity index (χ3n) is 2.45. The summed E-state index contributed by atoms with van der Waals surface area (Å²) in [5, 5.41) is 10.7. The zero-order chi connectivity index (χ0) is 12.6. The molecule has 90 valence electrons. The molecule has 0 saturated heterocycles. The Balaban J connectivity index is 2.40. The molecular weight excluding hydrogens is 327 g/mol. The Labute approximate surface area is 117 Å². The minimum atomic E-state index is -0.849. The number of hydrogen-bond donors (Lipinski definition) is 1. The summed E-state index contributed by atoms with van der Waals surface area (Å²) in [6.07, 6.45) is -0.849. The van der Waals surface area contributed by atoms with E-state index in [4.69, 9.17) is 23.2 Å². The van der Waals surface area contributed by atoms with E-state index < -0.39 is 6.10 Å². The number of rotatable bonds is 2. The summed E-state index contributed by atoms with van der Waals surface area (Å²) in [6.45, 7) is 0. The molecule has 1 aromatic heterocycles. The standard InChI is InChI=1S/C11H9BrCl2N2O/c1-16-10(14)9(13)15-11(16)8(17)6-2-4-7(12)5-3-6/h2-5,8,17H,1H3/t8-/m1/s1. The number of hydrogen-bond acceptors (Lipinski definition) is 2. The van der Waals surface area contributed by atoms with Gasteiger partial charge in [0, 0.05) is 11.5 Å². The maximum atomic E-state index is 10.2. The Morgan fingerprint density at radius 1 is 1.29 bits per heavy atom. The van der Waals surface area contributed by atoms with Crippen molar-refractivity contribution in [3.63, 3.8) is 0 Å². The molecule has 2 rings (SSSR count). The van der Waals surface area contributed by atoms with Gasteiger partial charge < -0.3 is 9.67 Å². The first kappa shape index (κ1) is 12.9. The number of benzene rings is 1. The second-order valence-electron chi connectivity index (χ2n) is 3.56. The summed E-state index contributed by atoms with van der Waals surface area (Å²) in [4.78, 5) is 4.04. The van der Waals surface area contributed by atoms with Gasteiger partial charge in [0.1, 0.15) is 17.1 Å². The molecule has 1 atom stereocenters. The Hall–Kier alpha value is -0.550. The van der Waals surface area contributed by atoms with E-state index in [1.165, 1.54) is 0 Å². The van der Waals surface area contributed by atoms with Gasteiger partial charge in [-0.25, -0.2) is 4.98 Å². The summed E-state index contributed by atoms with van der Waals surface area (Å²) in [7, 11) is 1.71. The SMILES string of the molecule is Cn1c([C@H](O)c2ccc(Br)cc2)nc(Cl)c1Cl. The van der Waals surface area contributed by atoms with Crippen LogP contribution in [0.1, 0.15) is 17.5 Å². The molecule has 0 radical (unpaired) electrons. The van der Waals surface area contributed by atoms with E-state index >= 15 is 0 Å². The van der Waals surface area contributed by atoms with Gasteiger partial charge in [0.05, 0.1) is 0 Å². The molecule has 0 unspecified atom stereocenters. The molecular formula is C11H9BrCl2N2O. The Bertz CT molecular complexity index is 539. The van der Waals surface area contributed by atoms with Crippen molar-refractivity contribution in [1.29, 1.82) is 0 Å². The fraction of sp³-hybridized carbons (Fsp3) is 0.182. The van der Waals surface area contributed by atoms with Gasteiger partial charge in [-0.05, 0) is 17.7 Å². The number of aromatic nitrogens is 2. The molecule has 0 bridgehead atoms. The molecule has 0 aliphatic heterocycles. The molecule has 0 spiro atoms. The van der Waals surface area contributed by atoms with Crippen molar-refractivity contribution in [3.05, 3.63) is 50.4 Å². The highest BCUT2D eigenvalue weighted by Gasteiger charge is 2.19. The van der Waals surface area contributed by atoms with Crippen LogP contribution in [0.4, 0.5) is 0 Å². The molecule has 6 heteroatoms. The fourth-order valence-corrected chi connectivity index (χ4v) is 2.11. The van der Waals surface area contributed by atoms with Crippen molar-refractivity contribution in [2.45, 2.75) is 6.10 Å². The zero-order valence-electron chi connectivity index (χ0n) is 8.86. The second kappa shape index (κ2) is 4.98. The van der Waals surface area contributed by atoms with Crippen LogP contribution in [0.25, 0.3) is 0 Å². The predicted octanol–water partition coefficient (Wildman–Crippen LogP) is 3.57. The van der Waals surface area contributed by atoms with Crippen LogP contribution < -0.4 is 0 Å². The van der Waals surface area contributed by atoms with Gasteiger partial charge in [-0.1, -0.05) is 51.3 Å². The maximum absolute atomic E-state index is 10.2. The number of halogens is 3. The van der Waals surface area contributed by atoms with Crippen molar-refractivity contribution in [2.75, 3.05) is 0 Å². The van der Waals surface area contributed by atoms with Gasteiger partial charge in [-0.15, -0.1) is 0 Å². The summed E-state index contributed by atoms with van der Waals surface area (Å²) in [6, 6.07) is 7.33. The number of aliphatic hydroxyl groups excluding tert-OH is 1. The van der Waals surface area contributed by atoms with Gasteiger partial charge in [-0.3, -0.25) is 0 Å². The summed E-state index contributed by atoms with van der Waals surface area (Å²) in [5.41, 5.74) is 0.731. The molecule has 0 aliphatic rings. The van der Waals surface area contributed by atoms with Gasteiger partial charge in [0.15, 0.2) is 5.15 Å². The topological polar surface area (TPSA) is 38.0 Å². The van der Waals surface area contributed by atoms with E-state index in [9.17, 15) is 5.11 Å². The van der Waals surface area contributed by atoms with Crippen LogP contribution in [0.3, 0.4) is 0 Å². The lowest BCUT2D eigenvalue weighted by Gasteiger charge is -2.11. The average molecular weight is 336 g/mol. The highest BCUT2D eigenvalue weighted by Crippen LogP contribution is 2.28. The van der Waals surface area contributed by atoms with Crippen molar-refractivity contribution in [1.82, 2.24) is 9.55 Å². The quantitative estimate of drug-likeness (QED) is 0.911. The van der Waals surface area contributed by atoms with E-state index in [-0.39, 0.29) is 5.15 Å². The van der Waals surface area contributed by atoms with Crippen LogP contribution in [0.5, 0.6) is 0 Å². The molecule has 0 fully saturated rings. The zero-order valence-corrected chi connectivity index (χ0v) is 12.0. The molecule has 0 amide bonds. The summed E-state index contributed by atoms with van der Waals surface area (Å²) < 4.78 is 2.51. The Kier molecular flexibility index (Phi) is 3.78. The molecule has 2 aromatic rings.